The lowest BCUT2D eigenvalue weighted by atomic mass is 9.92. The summed E-state index contributed by atoms with van der Waals surface area (Å²) in [4.78, 5) is 2.73. The van der Waals surface area contributed by atoms with Crippen molar-refractivity contribution in [2.75, 3.05) is 26.2 Å². The second kappa shape index (κ2) is 4.43. The third-order valence-electron chi connectivity index (χ3n) is 3.60. The van der Waals surface area contributed by atoms with Crippen LogP contribution in [0.15, 0.2) is 0 Å². The van der Waals surface area contributed by atoms with Crippen LogP contribution < -0.4 is 5.32 Å². The van der Waals surface area contributed by atoms with Crippen LogP contribution in [0.1, 0.15) is 32.6 Å². The molecule has 0 spiro atoms. The monoisotopic (exact) mass is 182 g/mol. The summed E-state index contributed by atoms with van der Waals surface area (Å²) in [5.74, 6) is 0.854. The third kappa shape index (κ3) is 2.23. The van der Waals surface area contributed by atoms with Crippen molar-refractivity contribution in [3.63, 3.8) is 0 Å². The molecule has 76 valence electrons. The number of nitrogens with zero attached hydrogens (tertiary/aromatic N) is 1. The number of hydrogen-bond acceptors (Lipinski definition) is 2. The Balaban J connectivity index is 1.88. The second-order valence-corrected chi connectivity index (χ2v) is 4.63. The Morgan fingerprint density at radius 3 is 2.62 bits per heavy atom. The fourth-order valence-corrected chi connectivity index (χ4v) is 2.79. The van der Waals surface area contributed by atoms with Crippen molar-refractivity contribution < 1.29 is 0 Å². The van der Waals surface area contributed by atoms with E-state index in [-0.39, 0.29) is 0 Å². The number of likely N-dealkylation sites (tertiary alicyclic amines) is 1. The van der Waals surface area contributed by atoms with Crippen LogP contribution in [-0.4, -0.2) is 37.1 Å². The quantitative estimate of drug-likeness (QED) is 0.660. The molecule has 2 nitrogen and oxygen atoms in total. The van der Waals surface area contributed by atoms with Gasteiger partial charge in [0.1, 0.15) is 0 Å². The van der Waals surface area contributed by atoms with Gasteiger partial charge in [-0.3, -0.25) is 0 Å². The smallest absolute Gasteiger partial charge is 0.0145 e. The zero-order valence-corrected chi connectivity index (χ0v) is 8.76. The fourth-order valence-electron chi connectivity index (χ4n) is 2.79. The van der Waals surface area contributed by atoms with Gasteiger partial charge in [-0.2, -0.15) is 0 Å². The van der Waals surface area contributed by atoms with Crippen molar-refractivity contribution in [3.8, 4) is 0 Å². The first-order valence-electron chi connectivity index (χ1n) is 5.82. The summed E-state index contributed by atoms with van der Waals surface area (Å²) < 4.78 is 0. The molecule has 2 aliphatic heterocycles. The van der Waals surface area contributed by atoms with Gasteiger partial charge in [0, 0.05) is 6.04 Å². The molecule has 0 aromatic rings. The van der Waals surface area contributed by atoms with E-state index in [9.17, 15) is 0 Å². The van der Waals surface area contributed by atoms with Gasteiger partial charge in [0.25, 0.3) is 0 Å². The van der Waals surface area contributed by atoms with Crippen LogP contribution in [0.5, 0.6) is 0 Å². The molecular formula is C11H22N2. The molecule has 13 heavy (non-hydrogen) atoms. The molecular weight excluding hydrogens is 160 g/mol. The van der Waals surface area contributed by atoms with Gasteiger partial charge in [0.05, 0.1) is 0 Å². The van der Waals surface area contributed by atoms with Crippen LogP contribution in [-0.2, 0) is 0 Å². The maximum absolute atomic E-state index is 3.48. The second-order valence-electron chi connectivity index (χ2n) is 4.63. The van der Waals surface area contributed by atoms with Gasteiger partial charge in [-0.15, -0.1) is 0 Å². The highest BCUT2D eigenvalue weighted by Gasteiger charge is 2.27. The summed E-state index contributed by atoms with van der Waals surface area (Å²) in [5.41, 5.74) is 0. The van der Waals surface area contributed by atoms with Gasteiger partial charge in [-0.1, -0.05) is 13.3 Å². The van der Waals surface area contributed by atoms with Crippen LogP contribution >= 0.6 is 0 Å². The first-order chi connectivity index (χ1) is 6.38. The summed E-state index contributed by atoms with van der Waals surface area (Å²) in [6.45, 7) is 7.56. The van der Waals surface area contributed by atoms with E-state index in [1.807, 2.05) is 0 Å². The summed E-state index contributed by atoms with van der Waals surface area (Å²) in [6, 6.07) is 0.876. The molecule has 2 atom stereocenters. The van der Waals surface area contributed by atoms with Crippen LogP contribution in [0, 0.1) is 5.92 Å². The van der Waals surface area contributed by atoms with Crippen molar-refractivity contribution in [2.24, 2.45) is 5.92 Å². The molecule has 0 aromatic carbocycles. The minimum absolute atomic E-state index is 0.854. The zero-order chi connectivity index (χ0) is 9.10. The lowest BCUT2D eigenvalue weighted by molar-refractivity contribution is 0.0993. The van der Waals surface area contributed by atoms with E-state index >= 15 is 0 Å². The topological polar surface area (TPSA) is 15.3 Å². The van der Waals surface area contributed by atoms with E-state index in [0.717, 1.165) is 12.0 Å². The van der Waals surface area contributed by atoms with Gasteiger partial charge in [0.2, 0.25) is 0 Å². The highest BCUT2D eigenvalue weighted by atomic mass is 15.2. The van der Waals surface area contributed by atoms with Crippen molar-refractivity contribution in [1.82, 2.24) is 10.2 Å². The Labute approximate surface area is 81.7 Å². The summed E-state index contributed by atoms with van der Waals surface area (Å²) in [6.07, 6.45) is 5.67. The lowest BCUT2D eigenvalue weighted by Crippen LogP contribution is -2.50. The van der Waals surface area contributed by atoms with Crippen molar-refractivity contribution >= 4 is 0 Å². The minimum Gasteiger partial charge on any atom is -0.316 e. The van der Waals surface area contributed by atoms with Crippen molar-refractivity contribution in [2.45, 2.75) is 38.6 Å². The van der Waals surface area contributed by atoms with Gasteiger partial charge >= 0.3 is 0 Å². The SMILES string of the molecule is CC1CNCCC1N1CCCCC1. The van der Waals surface area contributed by atoms with Crippen molar-refractivity contribution in [3.05, 3.63) is 0 Å². The first-order valence-corrected chi connectivity index (χ1v) is 5.82. The van der Waals surface area contributed by atoms with Gasteiger partial charge in [0.15, 0.2) is 0 Å². The molecule has 0 amide bonds. The van der Waals surface area contributed by atoms with Crippen LogP contribution in [0.2, 0.25) is 0 Å². The summed E-state index contributed by atoms with van der Waals surface area (Å²) in [7, 11) is 0. The Kier molecular flexibility index (Phi) is 3.23. The van der Waals surface area contributed by atoms with Gasteiger partial charge < -0.3 is 10.2 Å². The van der Waals surface area contributed by atoms with E-state index < -0.39 is 0 Å². The van der Waals surface area contributed by atoms with E-state index in [1.165, 1.54) is 51.9 Å². The molecule has 2 aliphatic rings. The van der Waals surface area contributed by atoms with Crippen LogP contribution in [0.25, 0.3) is 0 Å². The first kappa shape index (κ1) is 9.47. The molecule has 2 saturated heterocycles. The van der Waals surface area contributed by atoms with Crippen LogP contribution in [0.3, 0.4) is 0 Å². The predicted molar refractivity (Wildman–Crippen MR) is 55.9 cm³/mol. The van der Waals surface area contributed by atoms with E-state index in [2.05, 4.69) is 17.1 Å². The molecule has 0 saturated carbocycles. The standard InChI is InChI=1S/C11H22N2/c1-10-9-12-6-5-11(10)13-7-3-2-4-8-13/h10-12H,2-9H2,1H3. The number of piperidine rings is 2. The Bertz CT molecular complexity index is 152. The Hall–Kier alpha value is -0.0800. The Morgan fingerprint density at radius 2 is 1.92 bits per heavy atom. The normalized spacial score (nSPS) is 37.6. The lowest BCUT2D eigenvalue weighted by Gasteiger charge is -2.40. The highest BCUT2D eigenvalue weighted by molar-refractivity contribution is 4.84. The molecule has 0 aromatic heterocycles. The summed E-state index contributed by atoms with van der Waals surface area (Å²) in [5, 5.41) is 3.48. The number of hydrogen-bond donors (Lipinski definition) is 1. The van der Waals surface area contributed by atoms with Gasteiger partial charge in [-0.05, 0) is 51.4 Å². The molecule has 2 heterocycles. The number of rotatable bonds is 1. The minimum atomic E-state index is 0.854. The average Bonchev–Trinajstić information content (AvgIpc) is 2.20. The van der Waals surface area contributed by atoms with E-state index in [4.69, 9.17) is 0 Å². The van der Waals surface area contributed by atoms with Crippen molar-refractivity contribution in [1.29, 1.82) is 0 Å². The van der Waals surface area contributed by atoms with E-state index in [0.29, 0.717) is 0 Å². The third-order valence-corrected chi connectivity index (χ3v) is 3.60. The van der Waals surface area contributed by atoms with E-state index in [1.54, 1.807) is 0 Å². The zero-order valence-electron chi connectivity index (χ0n) is 8.76. The molecule has 0 aliphatic carbocycles. The summed E-state index contributed by atoms with van der Waals surface area (Å²) >= 11 is 0. The molecule has 1 N–H and O–H groups in total. The van der Waals surface area contributed by atoms with Crippen LogP contribution in [0.4, 0.5) is 0 Å². The largest absolute Gasteiger partial charge is 0.316 e. The Morgan fingerprint density at radius 1 is 1.15 bits per heavy atom. The molecule has 0 radical (unpaired) electrons. The maximum atomic E-state index is 3.48. The predicted octanol–water partition coefficient (Wildman–Crippen LogP) is 1.47. The maximum Gasteiger partial charge on any atom is 0.0145 e. The molecule has 2 heteroatoms. The molecule has 2 fully saturated rings. The average molecular weight is 182 g/mol. The number of nitrogens with one attached hydrogen (secondary N) is 1. The highest BCUT2D eigenvalue weighted by Crippen LogP contribution is 2.21. The fraction of sp³-hybridized carbons (Fsp3) is 1.00. The molecule has 2 unspecified atom stereocenters. The molecule has 0 bridgehead atoms. The van der Waals surface area contributed by atoms with Gasteiger partial charge in [-0.25, -0.2) is 0 Å². The molecule has 2 rings (SSSR count).